The zero-order valence-corrected chi connectivity index (χ0v) is 17.6. The van der Waals surface area contributed by atoms with E-state index in [0.29, 0.717) is 44.3 Å². The fourth-order valence-corrected chi connectivity index (χ4v) is 4.57. The van der Waals surface area contributed by atoms with Crippen molar-refractivity contribution in [1.29, 1.82) is 0 Å². The minimum atomic E-state index is -3.46. The van der Waals surface area contributed by atoms with Gasteiger partial charge in [0.25, 0.3) is 5.91 Å². The second-order valence-corrected chi connectivity index (χ2v) is 9.18. The number of nitrogens with zero attached hydrogens (tertiary/aromatic N) is 1. The van der Waals surface area contributed by atoms with Crippen molar-refractivity contribution in [1.82, 2.24) is 9.62 Å². The van der Waals surface area contributed by atoms with Crippen LogP contribution in [0.2, 0.25) is 5.02 Å². The Kier molecular flexibility index (Phi) is 7.44. The third-order valence-electron chi connectivity index (χ3n) is 4.87. The number of benzene rings is 2. The minimum absolute atomic E-state index is 0.0693. The van der Waals surface area contributed by atoms with Crippen molar-refractivity contribution in [3.05, 3.63) is 76.2 Å². The van der Waals surface area contributed by atoms with E-state index in [1.54, 1.807) is 12.1 Å². The van der Waals surface area contributed by atoms with E-state index in [-0.39, 0.29) is 5.91 Å². The fraction of sp³-hybridized carbons (Fsp3) is 0.286. The molecule has 6 nitrogen and oxygen atoms in total. The van der Waals surface area contributed by atoms with Gasteiger partial charge in [-0.2, -0.15) is 4.31 Å². The number of rotatable bonds is 7. The number of carbonyl (C=O) groups excluding carboxylic acids is 1. The highest BCUT2D eigenvalue weighted by Crippen LogP contribution is 2.14. The molecule has 154 valence electrons. The van der Waals surface area contributed by atoms with Crippen molar-refractivity contribution < 1.29 is 18.1 Å². The quantitative estimate of drug-likeness (QED) is 0.687. The Balaban J connectivity index is 1.45. The van der Waals surface area contributed by atoms with E-state index >= 15 is 0 Å². The standard InChI is InChI=1S/C21H24ClN3O3S/c22-20-9-5-4-8-19(20)16-23-21(26)17-24-11-13-25(14-12-24)29(27,28)15-10-18-6-2-1-3-7-18/h1-10,15H,11-14,16-17H2,(H,23,26)/p+1/b15-10+. The molecular formula is C21H25ClN3O3S+. The molecule has 29 heavy (non-hydrogen) atoms. The zero-order valence-electron chi connectivity index (χ0n) is 16.1. The van der Waals surface area contributed by atoms with Gasteiger partial charge in [0.1, 0.15) is 0 Å². The van der Waals surface area contributed by atoms with Gasteiger partial charge in [-0.15, -0.1) is 0 Å². The third kappa shape index (κ3) is 6.40. The van der Waals surface area contributed by atoms with Crippen LogP contribution < -0.4 is 10.2 Å². The van der Waals surface area contributed by atoms with Gasteiger partial charge in [0, 0.05) is 17.0 Å². The van der Waals surface area contributed by atoms with Gasteiger partial charge in [-0.25, -0.2) is 8.42 Å². The maximum atomic E-state index is 12.5. The highest BCUT2D eigenvalue weighted by Gasteiger charge is 2.28. The Hall–Kier alpha value is -2.19. The Labute approximate surface area is 176 Å². The molecule has 1 saturated heterocycles. The number of quaternary nitrogens is 1. The maximum Gasteiger partial charge on any atom is 0.275 e. The summed E-state index contributed by atoms with van der Waals surface area (Å²) in [4.78, 5) is 13.3. The molecular weight excluding hydrogens is 410 g/mol. The van der Waals surface area contributed by atoms with Gasteiger partial charge in [0.05, 0.1) is 26.2 Å². The van der Waals surface area contributed by atoms with Crippen LogP contribution in [0.15, 0.2) is 60.0 Å². The Morgan fingerprint density at radius 1 is 1.07 bits per heavy atom. The molecule has 0 aromatic heterocycles. The van der Waals surface area contributed by atoms with Crippen LogP contribution in [0.5, 0.6) is 0 Å². The molecule has 2 N–H and O–H groups in total. The van der Waals surface area contributed by atoms with Gasteiger partial charge in [-0.3, -0.25) is 4.79 Å². The van der Waals surface area contributed by atoms with E-state index < -0.39 is 10.0 Å². The third-order valence-corrected chi connectivity index (χ3v) is 6.80. The smallest absolute Gasteiger partial charge is 0.275 e. The summed E-state index contributed by atoms with van der Waals surface area (Å²) in [5.74, 6) is -0.0693. The lowest BCUT2D eigenvalue weighted by Crippen LogP contribution is -3.15. The minimum Gasteiger partial charge on any atom is -0.347 e. The normalized spacial score (nSPS) is 16.2. The summed E-state index contributed by atoms with van der Waals surface area (Å²) >= 11 is 6.10. The predicted molar refractivity (Wildman–Crippen MR) is 115 cm³/mol. The first-order valence-corrected chi connectivity index (χ1v) is 11.4. The lowest BCUT2D eigenvalue weighted by atomic mass is 10.2. The highest BCUT2D eigenvalue weighted by atomic mass is 35.5. The number of nitrogens with one attached hydrogen (secondary N) is 2. The van der Waals surface area contributed by atoms with Gasteiger partial charge in [-0.05, 0) is 23.3 Å². The summed E-state index contributed by atoms with van der Waals surface area (Å²) in [5, 5.41) is 4.76. The Bertz CT molecular complexity index is 956. The molecule has 0 radical (unpaired) electrons. The fourth-order valence-electron chi connectivity index (χ4n) is 3.17. The molecule has 0 saturated carbocycles. The predicted octanol–water partition coefficient (Wildman–Crippen LogP) is 1.16. The second kappa shape index (κ2) is 10.0. The Morgan fingerprint density at radius 3 is 2.41 bits per heavy atom. The van der Waals surface area contributed by atoms with E-state index in [0.717, 1.165) is 16.0 Å². The summed E-state index contributed by atoms with van der Waals surface area (Å²) in [6.07, 6.45) is 1.61. The summed E-state index contributed by atoms with van der Waals surface area (Å²) in [6, 6.07) is 16.7. The zero-order chi connectivity index (χ0) is 20.7. The molecule has 1 amide bonds. The number of amides is 1. The van der Waals surface area contributed by atoms with Crippen LogP contribution in [0.1, 0.15) is 11.1 Å². The molecule has 1 aliphatic heterocycles. The molecule has 1 fully saturated rings. The molecule has 3 rings (SSSR count). The number of carbonyl (C=O) groups is 1. The van der Waals surface area contributed by atoms with Crippen LogP contribution in [0.3, 0.4) is 0 Å². The molecule has 2 aromatic rings. The van der Waals surface area contributed by atoms with Crippen LogP contribution in [0, 0.1) is 0 Å². The summed E-state index contributed by atoms with van der Waals surface area (Å²) in [6.45, 7) is 2.69. The van der Waals surface area contributed by atoms with Gasteiger partial charge >= 0.3 is 0 Å². The van der Waals surface area contributed by atoms with Crippen molar-refractivity contribution in [3.8, 4) is 0 Å². The molecule has 1 aliphatic rings. The van der Waals surface area contributed by atoms with Crippen molar-refractivity contribution in [3.63, 3.8) is 0 Å². The van der Waals surface area contributed by atoms with Gasteiger partial charge in [0.15, 0.2) is 6.54 Å². The van der Waals surface area contributed by atoms with Crippen molar-refractivity contribution in [2.45, 2.75) is 6.54 Å². The van der Waals surface area contributed by atoms with Crippen LogP contribution in [-0.2, 0) is 21.4 Å². The molecule has 2 aromatic carbocycles. The van der Waals surface area contributed by atoms with Gasteiger partial charge in [0.2, 0.25) is 10.0 Å². The SMILES string of the molecule is O=C(C[NH+]1CCN(S(=O)(=O)/C=C/c2ccccc2)CC1)NCc1ccccc1Cl. The van der Waals surface area contributed by atoms with Gasteiger partial charge in [-0.1, -0.05) is 60.1 Å². The topological polar surface area (TPSA) is 70.9 Å². The number of piperazine rings is 1. The monoisotopic (exact) mass is 434 g/mol. The van der Waals surface area contributed by atoms with Crippen molar-refractivity contribution in [2.75, 3.05) is 32.7 Å². The number of sulfonamides is 1. The van der Waals surface area contributed by atoms with E-state index in [4.69, 9.17) is 11.6 Å². The lowest BCUT2D eigenvalue weighted by Gasteiger charge is -2.30. The Morgan fingerprint density at radius 2 is 1.72 bits per heavy atom. The summed E-state index contributed by atoms with van der Waals surface area (Å²) < 4.78 is 26.5. The van der Waals surface area contributed by atoms with Crippen molar-refractivity contribution >= 4 is 33.6 Å². The molecule has 0 bridgehead atoms. The summed E-state index contributed by atoms with van der Waals surface area (Å²) in [7, 11) is -3.46. The van der Waals surface area contributed by atoms with Crippen LogP contribution in [-0.4, -0.2) is 51.4 Å². The molecule has 8 heteroatoms. The van der Waals surface area contributed by atoms with E-state index in [9.17, 15) is 13.2 Å². The first-order valence-electron chi connectivity index (χ1n) is 9.51. The first kappa shape index (κ1) is 21.5. The number of hydrogen-bond acceptors (Lipinski definition) is 3. The summed E-state index contributed by atoms with van der Waals surface area (Å²) in [5.41, 5.74) is 1.72. The largest absolute Gasteiger partial charge is 0.347 e. The molecule has 0 spiro atoms. The molecule has 0 unspecified atom stereocenters. The average molecular weight is 435 g/mol. The average Bonchev–Trinajstić information content (AvgIpc) is 2.73. The van der Waals surface area contributed by atoms with E-state index in [1.807, 2.05) is 48.5 Å². The van der Waals surface area contributed by atoms with Crippen molar-refractivity contribution in [2.24, 2.45) is 0 Å². The number of halogens is 1. The van der Waals surface area contributed by atoms with E-state index in [2.05, 4.69) is 5.32 Å². The van der Waals surface area contributed by atoms with E-state index in [1.165, 1.54) is 9.71 Å². The van der Waals surface area contributed by atoms with Crippen LogP contribution >= 0.6 is 11.6 Å². The second-order valence-electron chi connectivity index (χ2n) is 6.95. The highest BCUT2D eigenvalue weighted by molar-refractivity contribution is 7.92. The number of hydrogen-bond donors (Lipinski definition) is 2. The van der Waals surface area contributed by atoms with Crippen LogP contribution in [0.4, 0.5) is 0 Å². The maximum absolute atomic E-state index is 12.5. The molecule has 0 atom stereocenters. The molecule has 1 heterocycles. The van der Waals surface area contributed by atoms with Gasteiger partial charge < -0.3 is 10.2 Å². The first-order chi connectivity index (χ1) is 13.9. The lowest BCUT2D eigenvalue weighted by molar-refractivity contribution is -0.895. The molecule has 0 aliphatic carbocycles. The van der Waals surface area contributed by atoms with Crippen LogP contribution in [0.25, 0.3) is 6.08 Å².